The molecule has 0 fully saturated rings. The second-order valence-electron chi connectivity index (χ2n) is 4.40. The highest BCUT2D eigenvalue weighted by Crippen LogP contribution is 2.27. The van der Waals surface area contributed by atoms with Crippen molar-refractivity contribution in [2.45, 2.75) is 12.5 Å². The molecule has 4 N–H and O–H groups in total. The summed E-state index contributed by atoms with van der Waals surface area (Å²) in [6, 6.07) is 3.37. The molecule has 1 amide bonds. The van der Waals surface area contributed by atoms with Gasteiger partial charge in [0.2, 0.25) is 5.91 Å². The Labute approximate surface area is 117 Å². The summed E-state index contributed by atoms with van der Waals surface area (Å²) in [5.41, 5.74) is 5.76. The largest absolute Gasteiger partial charge is 0.506 e. The van der Waals surface area contributed by atoms with Gasteiger partial charge < -0.3 is 20.9 Å². The first-order valence-electron chi connectivity index (χ1n) is 5.84. The second-order valence-corrected chi connectivity index (χ2v) is 6.66. The van der Waals surface area contributed by atoms with Crippen LogP contribution < -0.4 is 15.8 Å². The Morgan fingerprint density at radius 3 is 2.70 bits per heavy atom. The van der Waals surface area contributed by atoms with Gasteiger partial charge in [-0.05, 0) is 18.6 Å². The minimum Gasteiger partial charge on any atom is -0.506 e. The summed E-state index contributed by atoms with van der Waals surface area (Å²) in [4.78, 5) is 11.8. The number of benzene rings is 1. The van der Waals surface area contributed by atoms with Gasteiger partial charge in [-0.3, -0.25) is 4.79 Å². The molecule has 7 nitrogen and oxygen atoms in total. The topological polar surface area (TPSA) is 119 Å². The number of aromatic hydroxyl groups is 1. The number of carbonyl (C=O) groups is 1. The van der Waals surface area contributed by atoms with Crippen molar-refractivity contribution in [3.63, 3.8) is 0 Å². The molecule has 0 heterocycles. The number of hydrogen-bond donors (Lipinski definition) is 3. The quantitative estimate of drug-likeness (QED) is 0.641. The monoisotopic (exact) mass is 302 g/mol. The maximum Gasteiger partial charge on any atom is 0.241 e. The van der Waals surface area contributed by atoms with E-state index in [2.05, 4.69) is 5.32 Å². The predicted molar refractivity (Wildman–Crippen MR) is 75.6 cm³/mol. The normalized spacial score (nSPS) is 12.8. The van der Waals surface area contributed by atoms with Crippen LogP contribution in [-0.2, 0) is 14.6 Å². The van der Waals surface area contributed by atoms with E-state index >= 15 is 0 Å². The van der Waals surface area contributed by atoms with Gasteiger partial charge in [-0.15, -0.1) is 0 Å². The number of anilines is 1. The maximum atomic E-state index is 11.8. The summed E-state index contributed by atoms with van der Waals surface area (Å²) in [5, 5.41) is 12.0. The number of nitrogens with one attached hydrogen (secondary N) is 1. The third kappa shape index (κ3) is 5.06. The van der Waals surface area contributed by atoms with Crippen LogP contribution in [0.1, 0.15) is 6.42 Å². The first kappa shape index (κ1) is 16.3. The molecule has 0 bridgehead atoms. The van der Waals surface area contributed by atoms with E-state index in [1.807, 2.05) is 0 Å². The average molecular weight is 302 g/mol. The van der Waals surface area contributed by atoms with Gasteiger partial charge in [-0.1, -0.05) is 0 Å². The van der Waals surface area contributed by atoms with E-state index in [4.69, 9.17) is 10.5 Å². The van der Waals surface area contributed by atoms with Crippen molar-refractivity contribution in [3.8, 4) is 11.5 Å². The summed E-state index contributed by atoms with van der Waals surface area (Å²) in [5.74, 6) is -0.416. The molecule has 0 aliphatic carbocycles. The Balaban J connectivity index is 2.70. The lowest BCUT2D eigenvalue weighted by atomic mass is 10.2. The lowest BCUT2D eigenvalue weighted by Crippen LogP contribution is -2.37. The molecular formula is C12H18N2O5S. The molecule has 1 rings (SSSR count). The van der Waals surface area contributed by atoms with Gasteiger partial charge in [0.1, 0.15) is 21.3 Å². The molecule has 20 heavy (non-hydrogen) atoms. The van der Waals surface area contributed by atoms with Gasteiger partial charge in [-0.2, -0.15) is 0 Å². The van der Waals surface area contributed by atoms with Gasteiger partial charge in [-0.25, -0.2) is 8.42 Å². The molecule has 0 radical (unpaired) electrons. The molecular weight excluding hydrogens is 284 g/mol. The summed E-state index contributed by atoms with van der Waals surface area (Å²) in [6.07, 6.45) is 1.08. The van der Waals surface area contributed by atoms with Crippen molar-refractivity contribution < 1.29 is 23.1 Å². The van der Waals surface area contributed by atoms with Crippen LogP contribution >= 0.6 is 0 Å². The van der Waals surface area contributed by atoms with Gasteiger partial charge >= 0.3 is 0 Å². The van der Waals surface area contributed by atoms with Crippen LogP contribution in [0.5, 0.6) is 11.5 Å². The SMILES string of the molecule is COc1ccc(O)c(NC(=O)C(N)CCS(C)(=O)=O)c1. The highest BCUT2D eigenvalue weighted by Gasteiger charge is 2.17. The number of hydrogen-bond acceptors (Lipinski definition) is 6. The van der Waals surface area contributed by atoms with E-state index in [0.29, 0.717) is 5.75 Å². The number of sulfone groups is 1. The zero-order valence-electron chi connectivity index (χ0n) is 11.3. The molecule has 0 saturated carbocycles. The molecule has 1 aromatic carbocycles. The number of amides is 1. The highest BCUT2D eigenvalue weighted by molar-refractivity contribution is 7.90. The molecule has 112 valence electrons. The van der Waals surface area contributed by atoms with Crippen LogP contribution in [0.2, 0.25) is 0 Å². The van der Waals surface area contributed by atoms with Crippen molar-refractivity contribution in [2.24, 2.45) is 5.73 Å². The first-order chi connectivity index (χ1) is 9.23. The maximum absolute atomic E-state index is 11.8. The molecule has 0 aliphatic rings. The van der Waals surface area contributed by atoms with Gasteiger partial charge in [0.05, 0.1) is 24.6 Å². The van der Waals surface area contributed by atoms with Gasteiger partial charge in [0.25, 0.3) is 0 Å². The standard InChI is InChI=1S/C12H18N2O5S/c1-19-8-3-4-11(15)10(7-8)14-12(16)9(13)5-6-20(2,17)18/h3-4,7,9,15H,5-6,13H2,1-2H3,(H,14,16). The minimum absolute atomic E-state index is 0.00932. The summed E-state index contributed by atoms with van der Waals surface area (Å²) < 4.78 is 27.0. The fourth-order valence-corrected chi connectivity index (χ4v) is 2.12. The zero-order chi connectivity index (χ0) is 15.3. The lowest BCUT2D eigenvalue weighted by Gasteiger charge is -2.13. The number of carbonyl (C=O) groups excluding carboxylic acids is 1. The van der Waals surface area contributed by atoms with E-state index in [1.54, 1.807) is 0 Å². The van der Waals surface area contributed by atoms with Crippen molar-refractivity contribution in [1.29, 1.82) is 0 Å². The van der Waals surface area contributed by atoms with Crippen molar-refractivity contribution in [2.75, 3.05) is 24.4 Å². The van der Waals surface area contributed by atoms with Crippen LogP contribution in [0, 0.1) is 0 Å². The van der Waals surface area contributed by atoms with E-state index in [9.17, 15) is 18.3 Å². The highest BCUT2D eigenvalue weighted by atomic mass is 32.2. The Hall–Kier alpha value is -1.80. The molecule has 8 heteroatoms. The van der Waals surface area contributed by atoms with E-state index in [1.165, 1.54) is 25.3 Å². The van der Waals surface area contributed by atoms with Gasteiger partial charge in [0, 0.05) is 12.3 Å². The third-order valence-corrected chi connectivity index (χ3v) is 3.58. The number of phenols is 1. The molecule has 0 saturated heterocycles. The molecule has 1 unspecified atom stereocenters. The Morgan fingerprint density at radius 2 is 2.15 bits per heavy atom. The van der Waals surface area contributed by atoms with Crippen LogP contribution in [0.15, 0.2) is 18.2 Å². The summed E-state index contributed by atoms with van der Waals surface area (Å²) in [6.45, 7) is 0. The number of ether oxygens (including phenoxy) is 1. The van der Waals surface area contributed by atoms with Gasteiger partial charge in [0.15, 0.2) is 0 Å². The lowest BCUT2D eigenvalue weighted by molar-refractivity contribution is -0.117. The Morgan fingerprint density at radius 1 is 1.50 bits per heavy atom. The first-order valence-corrected chi connectivity index (χ1v) is 7.90. The average Bonchev–Trinajstić information content (AvgIpc) is 2.37. The number of rotatable bonds is 6. The number of methoxy groups -OCH3 is 1. The molecule has 0 aromatic heterocycles. The molecule has 0 spiro atoms. The molecule has 1 aromatic rings. The second kappa shape index (κ2) is 6.58. The fourth-order valence-electron chi connectivity index (χ4n) is 1.44. The minimum atomic E-state index is -3.17. The van der Waals surface area contributed by atoms with Crippen molar-refractivity contribution >= 4 is 21.4 Å². The molecule has 1 atom stereocenters. The Kier molecular flexibility index (Phi) is 5.34. The van der Waals surface area contributed by atoms with Crippen molar-refractivity contribution in [1.82, 2.24) is 0 Å². The predicted octanol–water partition coefficient (Wildman–Crippen LogP) is 0.101. The zero-order valence-corrected chi connectivity index (χ0v) is 12.1. The smallest absolute Gasteiger partial charge is 0.241 e. The third-order valence-electron chi connectivity index (χ3n) is 2.60. The Bertz CT molecular complexity index is 586. The number of nitrogens with two attached hydrogens (primary N) is 1. The van der Waals surface area contributed by atoms with Crippen LogP contribution in [0.25, 0.3) is 0 Å². The fraction of sp³-hybridized carbons (Fsp3) is 0.417. The van der Waals surface area contributed by atoms with Crippen LogP contribution in [0.4, 0.5) is 5.69 Å². The van der Waals surface area contributed by atoms with Crippen LogP contribution in [0.3, 0.4) is 0 Å². The summed E-state index contributed by atoms with van der Waals surface area (Å²) >= 11 is 0. The van der Waals surface area contributed by atoms with Crippen LogP contribution in [-0.4, -0.2) is 44.6 Å². The number of phenolic OH excluding ortho intramolecular Hbond substituents is 1. The summed E-state index contributed by atoms with van der Waals surface area (Å²) in [7, 11) is -1.72. The van der Waals surface area contributed by atoms with Crippen molar-refractivity contribution in [3.05, 3.63) is 18.2 Å². The van der Waals surface area contributed by atoms with E-state index < -0.39 is 21.8 Å². The molecule has 0 aliphatic heterocycles. The van der Waals surface area contributed by atoms with E-state index in [-0.39, 0.29) is 23.6 Å². The van der Waals surface area contributed by atoms with E-state index in [0.717, 1.165) is 6.26 Å².